The van der Waals surface area contributed by atoms with Crippen LogP contribution in [0.4, 0.5) is 0 Å². The fourth-order valence-corrected chi connectivity index (χ4v) is 2.27. The molecule has 1 saturated carbocycles. The molecular weight excluding hydrogens is 202 g/mol. The largest absolute Gasteiger partial charge is 0.338 e. The van der Waals surface area contributed by atoms with Gasteiger partial charge in [-0.05, 0) is 12.8 Å². The number of hydrogen-bond donors (Lipinski definition) is 2. The second-order valence-electron chi connectivity index (χ2n) is 4.31. The number of rotatable bonds is 3. The van der Waals surface area contributed by atoms with Crippen LogP contribution in [0.15, 0.2) is 12.5 Å². The van der Waals surface area contributed by atoms with Crippen LogP contribution in [0.2, 0.25) is 0 Å². The number of aromatic nitrogens is 4. The minimum Gasteiger partial charge on any atom is -0.338 e. The zero-order chi connectivity index (χ0) is 10.8. The zero-order valence-electron chi connectivity index (χ0n) is 9.11. The normalized spacial score (nSPS) is 17.2. The quantitative estimate of drug-likeness (QED) is 0.815. The minimum atomic E-state index is 0.666. The lowest BCUT2D eigenvalue weighted by Gasteiger charge is -2.09. The van der Waals surface area contributed by atoms with Gasteiger partial charge in [-0.1, -0.05) is 12.8 Å². The Hall–Kier alpha value is -1.49. The summed E-state index contributed by atoms with van der Waals surface area (Å²) in [4.78, 5) is 15.7. The first-order valence-electron chi connectivity index (χ1n) is 5.80. The summed E-state index contributed by atoms with van der Waals surface area (Å²) in [5.41, 5.74) is 1.66. The fourth-order valence-electron chi connectivity index (χ4n) is 2.27. The third kappa shape index (κ3) is 1.90. The van der Waals surface area contributed by atoms with Crippen LogP contribution < -0.4 is 5.32 Å². The van der Waals surface area contributed by atoms with Crippen LogP contribution in [-0.4, -0.2) is 26.0 Å². The van der Waals surface area contributed by atoms with E-state index < -0.39 is 0 Å². The molecule has 1 aliphatic carbocycles. The smallest absolute Gasteiger partial charge is 0.180 e. The molecule has 0 amide bonds. The Morgan fingerprint density at radius 2 is 2.25 bits per heavy atom. The van der Waals surface area contributed by atoms with Gasteiger partial charge in [-0.25, -0.2) is 15.0 Å². The van der Waals surface area contributed by atoms with E-state index in [-0.39, 0.29) is 0 Å². The Labute approximate surface area is 93.7 Å². The van der Waals surface area contributed by atoms with Crippen molar-refractivity contribution < 1.29 is 0 Å². The molecule has 1 aliphatic rings. The van der Waals surface area contributed by atoms with Gasteiger partial charge in [0, 0.05) is 6.04 Å². The maximum Gasteiger partial charge on any atom is 0.180 e. The number of hydrogen-bond acceptors (Lipinski definition) is 4. The summed E-state index contributed by atoms with van der Waals surface area (Å²) in [6.07, 6.45) is 8.57. The highest BCUT2D eigenvalue weighted by molar-refractivity contribution is 5.68. The molecule has 0 spiro atoms. The lowest BCUT2D eigenvalue weighted by Crippen LogP contribution is -2.25. The van der Waals surface area contributed by atoms with Gasteiger partial charge in [0.05, 0.1) is 12.7 Å². The lowest BCUT2D eigenvalue weighted by molar-refractivity contribution is 0.516. The highest BCUT2D eigenvalue weighted by atomic mass is 15.1. The average molecular weight is 217 g/mol. The number of H-pyrrole nitrogens is 1. The number of nitrogens with one attached hydrogen (secondary N) is 2. The van der Waals surface area contributed by atoms with Gasteiger partial charge in [0.1, 0.15) is 17.7 Å². The van der Waals surface area contributed by atoms with Crippen LogP contribution in [0.5, 0.6) is 0 Å². The second-order valence-corrected chi connectivity index (χ2v) is 4.31. The van der Waals surface area contributed by atoms with Crippen LogP contribution in [-0.2, 0) is 6.54 Å². The Balaban J connectivity index is 1.69. The Morgan fingerprint density at radius 3 is 3.06 bits per heavy atom. The Bertz CT molecular complexity index is 439. The Kier molecular flexibility index (Phi) is 2.53. The van der Waals surface area contributed by atoms with Crippen molar-refractivity contribution in [3.05, 3.63) is 18.3 Å². The number of aromatic amines is 1. The maximum atomic E-state index is 4.40. The van der Waals surface area contributed by atoms with Crippen molar-refractivity contribution >= 4 is 11.2 Å². The van der Waals surface area contributed by atoms with Gasteiger partial charge < -0.3 is 10.3 Å². The standard InChI is InChI=1S/C11H15N5/c1-2-4-8(3-1)13-6-10-15-9-5-12-7-14-11(9)16-10/h5,7-8,13H,1-4,6H2,(H,12,14,15,16). The van der Waals surface area contributed by atoms with E-state index in [1.165, 1.54) is 32.0 Å². The molecule has 0 atom stereocenters. The molecular formula is C11H15N5. The molecule has 2 aromatic heterocycles. The van der Waals surface area contributed by atoms with Crippen molar-refractivity contribution in [2.45, 2.75) is 38.3 Å². The molecule has 0 bridgehead atoms. The van der Waals surface area contributed by atoms with Crippen molar-refractivity contribution in [2.24, 2.45) is 0 Å². The van der Waals surface area contributed by atoms with Crippen molar-refractivity contribution in [1.82, 2.24) is 25.3 Å². The molecule has 2 N–H and O–H groups in total. The molecule has 0 saturated heterocycles. The van der Waals surface area contributed by atoms with Crippen LogP contribution in [0.25, 0.3) is 11.2 Å². The summed E-state index contributed by atoms with van der Waals surface area (Å²) in [6.45, 7) is 0.793. The van der Waals surface area contributed by atoms with Crippen LogP contribution in [0.1, 0.15) is 31.5 Å². The molecule has 0 aliphatic heterocycles. The van der Waals surface area contributed by atoms with Crippen molar-refractivity contribution in [3.63, 3.8) is 0 Å². The summed E-state index contributed by atoms with van der Waals surface area (Å²) >= 11 is 0. The molecule has 2 heterocycles. The highest BCUT2D eigenvalue weighted by Crippen LogP contribution is 2.18. The van der Waals surface area contributed by atoms with Gasteiger partial charge in [-0.15, -0.1) is 0 Å². The molecule has 16 heavy (non-hydrogen) atoms. The summed E-state index contributed by atoms with van der Waals surface area (Å²) in [7, 11) is 0. The summed E-state index contributed by atoms with van der Waals surface area (Å²) in [5.74, 6) is 0.947. The van der Waals surface area contributed by atoms with Gasteiger partial charge in [0.25, 0.3) is 0 Å². The molecule has 0 aromatic carbocycles. The average Bonchev–Trinajstić information content (AvgIpc) is 2.95. The van der Waals surface area contributed by atoms with Crippen LogP contribution in [0, 0.1) is 0 Å². The van der Waals surface area contributed by atoms with Crippen molar-refractivity contribution in [1.29, 1.82) is 0 Å². The Morgan fingerprint density at radius 1 is 1.38 bits per heavy atom. The van der Waals surface area contributed by atoms with Crippen LogP contribution in [0.3, 0.4) is 0 Å². The molecule has 3 rings (SSSR count). The van der Waals surface area contributed by atoms with E-state index in [1.807, 2.05) is 0 Å². The monoisotopic (exact) mass is 217 g/mol. The summed E-state index contributed by atoms with van der Waals surface area (Å²) in [6, 6.07) is 0.666. The first-order valence-corrected chi connectivity index (χ1v) is 5.80. The number of nitrogens with zero attached hydrogens (tertiary/aromatic N) is 3. The third-order valence-corrected chi connectivity index (χ3v) is 3.12. The lowest BCUT2D eigenvalue weighted by atomic mass is 10.2. The SMILES string of the molecule is c1ncc2[nH]c(CNC3CCCC3)nc2n1. The predicted molar refractivity (Wildman–Crippen MR) is 60.8 cm³/mol. The van der Waals surface area contributed by atoms with E-state index >= 15 is 0 Å². The van der Waals surface area contributed by atoms with E-state index in [0.29, 0.717) is 6.04 Å². The minimum absolute atomic E-state index is 0.666. The third-order valence-electron chi connectivity index (χ3n) is 3.12. The molecule has 0 unspecified atom stereocenters. The molecule has 0 radical (unpaired) electrons. The zero-order valence-corrected chi connectivity index (χ0v) is 9.11. The first kappa shape index (κ1) is 9.72. The van der Waals surface area contributed by atoms with Crippen molar-refractivity contribution in [2.75, 3.05) is 0 Å². The van der Waals surface area contributed by atoms with E-state index in [0.717, 1.165) is 23.5 Å². The molecule has 1 fully saturated rings. The maximum absolute atomic E-state index is 4.40. The molecule has 5 heteroatoms. The summed E-state index contributed by atoms with van der Waals surface area (Å²) < 4.78 is 0. The van der Waals surface area contributed by atoms with Gasteiger partial charge >= 0.3 is 0 Å². The number of fused-ring (bicyclic) bond motifs is 1. The van der Waals surface area contributed by atoms with E-state index in [9.17, 15) is 0 Å². The van der Waals surface area contributed by atoms with Gasteiger partial charge in [-0.2, -0.15) is 0 Å². The highest BCUT2D eigenvalue weighted by Gasteiger charge is 2.14. The molecule has 5 nitrogen and oxygen atoms in total. The van der Waals surface area contributed by atoms with Crippen LogP contribution >= 0.6 is 0 Å². The summed E-state index contributed by atoms with van der Waals surface area (Å²) in [5, 5.41) is 3.52. The predicted octanol–water partition coefficient (Wildman–Crippen LogP) is 1.39. The van der Waals surface area contributed by atoms with Crippen molar-refractivity contribution in [3.8, 4) is 0 Å². The fraction of sp³-hybridized carbons (Fsp3) is 0.545. The topological polar surface area (TPSA) is 66.5 Å². The van der Waals surface area contributed by atoms with Gasteiger partial charge in [0.2, 0.25) is 0 Å². The molecule has 84 valence electrons. The van der Waals surface area contributed by atoms with Gasteiger partial charge in [-0.3, -0.25) is 0 Å². The van der Waals surface area contributed by atoms with E-state index in [4.69, 9.17) is 0 Å². The second kappa shape index (κ2) is 4.17. The van der Waals surface area contributed by atoms with Gasteiger partial charge in [0.15, 0.2) is 5.65 Å². The van der Waals surface area contributed by atoms with E-state index in [2.05, 4.69) is 25.3 Å². The molecule has 2 aromatic rings. The first-order chi connectivity index (χ1) is 7.92. The van der Waals surface area contributed by atoms with E-state index in [1.54, 1.807) is 6.20 Å². The number of imidazole rings is 1.